The first-order valence-corrected chi connectivity index (χ1v) is 5.26. The Kier molecular flexibility index (Phi) is 4.41. The van der Waals surface area contributed by atoms with Gasteiger partial charge in [0.25, 0.3) is 11.6 Å². The molecule has 8 heteroatoms. The lowest BCUT2D eigenvalue weighted by Gasteiger charge is -2.13. The van der Waals surface area contributed by atoms with E-state index in [1.165, 1.54) is 20.0 Å². The number of aromatic carboxylic acids is 1. The van der Waals surface area contributed by atoms with Crippen LogP contribution < -0.4 is 10.1 Å². The van der Waals surface area contributed by atoms with Gasteiger partial charge in [0.05, 0.1) is 4.92 Å². The smallest absolute Gasteiger partial charge is 0.342 e. The predicted octanol–water partition coefficient (Wildman–Crippen LogP) is 0.806. The normalized spacial score (nSPS) is 11.5. The molecule has 0 saturated carbocycles. The van der Waals surface area contributed by atoms with E-state index in [9.17, 15) is 19.7 Å². The number of rotatable bonds is 5. The third kappa shape index (κ3) is 3.41. The van der Waals surface area contributed by atoms with Crippen LogP contribution in [0.15, 0.2) is 18.2 Å². The maximum absolute atomic E-state index is 11.2. The third-order valence-electron chi connectivity index (χ3n) is 2.32. The number of benzene rings is 1. The number of carbonyl (C=O) groups excluding carboxylic acids is 1. The molecule has 0 aliphatic heterocycles. The Morgan fingerprint density at radius 2 is 2.11 bits per heavy atom. The van der Waals surface area contributed by atoms with Gasteiger partial charge >= 0.3 is 5.97 Å². The molecule has 1 rings (SSSR count). The molecule has 0 aliphatic rings. The van der Waals surface area contributed by atoms with Crippen LogP contribution in [0.25, 0.3) is 0 Å². The summed E-state index contributed by atoms with van der Waals surface area (Å²) in [5.41, 5.74) is -1.03. The number of carboxylic acids is 1. The molecule has 1 aromatic carbocycles. The van der Waals surface area contributed by atoms with Crippen molar-refractivity contribution in [1.29, 1.82) is 0 Å². The quantitative estimate of drug-likeness (QED) is 0.602. The molecule has 1 unspecified atom stereocenters. The fraction of sp³-hybridized carbons (Fsp3) is 0.273. The second kappa shape index (κ2) is 5.80. The number of nitrogens with zero attached hydrogens (tertiary/aromatic N) is 1. The molecule has 8 nitrogen and oxygen atoms in total. The molecule has 0 fully saturated rings. The molecule has 0 aliphatic carbocycles. The second-order valence-corrected chi connectivity index (χ2v) is 3.62. The van der Waals surface area contributed by atoms with Crippen LogP contribution in [0.3, 0.4) is 0 Å². The summed E-state index contributed by atoms with van der Waals surface area (Å²) in [6.07, 6.45) is -0.840. The lowest BCUT2D eigenvalue weighted by molar-refractivity contribution is -0.385. The van der Waals surface area contributed by atoms with Crippen LogP contribution in [-0.4, -0.2) is 35.1 Å². The third-order valence-corrected chi connectivity index (χ3v) is 2.32. The number of nitro benzene ring substituents is 1. The molecule has 1 aromatic rings. The van der Waals surface area contributed by atoms with Gasteiger partial charge in [-0.25, -0.2) is 4.79 Å². The van der Waals surface area contributed by atoms with Crippen LogP contribution in [0.5, 0.6) is 5.75 Å². The van der Waals surface area contributed by atoms with Gasteiger partial charge in [0.1, 0.15) is 11.3 Å². The van der Waals surface area contributed by atoms with E-state index in [0.717, 1.165) is 12.1 Å². The minimum absolute atomic E-state index is 0.0686. The van der Waals surface area contributed by atoms with E-state index >= 15 is 0 Å². The molecule has 2 N–H and O–H groups in total. The summed E-state index contributed by atoms with van der Waals surface area (Å²) in [5, 5.41) is 21.9. The van der Waals surface area contributed by atoms with E-state index in [1.807, 2.05) is 0 Å². The minimum atomic E-state index is -1.44. The molecule has 102 valence electrons. The summed E-state index contributed by atoms with van der Waals surface area (Å²) in [7, 11) is 1.43. The van der Waals surface area contributed by atoms with Crippen LogP contribution in [0.1, 0.15) is 17.3 Å². The largest absolute Gasteiger partial charge is 0.481 e. The van der Waals surface area contributed by atoms with Crippen molar-refractivity contribution in [1.82, 2.24) is 5.32 Å². The molecular weight excluding hydrogens is 256 g/mol. The second-order valence-electron chi connectivity index (χ2n) is 3.62. The van der Waals surface area contributed by atoms with Gasteiger partial charge in [-0.05, 0) is 13.0 Å². The average Bonchev–Trinajstić information content (AvgIpc) is 2.37. The number of carboxylic acid groups (broad SMARTS) is 1. The van der Waals surface area contributed by atoms with Crippen LogP contribution in [-0.2, 0) is 4.79 Å². The van der Waals surface area contributed by atoms with Crippen LogP contribution in [0, 0.1) is 10.1 Å². The van der Waals surface area contributed by atoms with E-state index in [2.05, 4.69) is 5.32 Å². The van der Waals surface area contributed by atoms with E-state index in [-0.39, 0.29) is 5.75 Å². The summed E-state index contributed by atoms with van der Waals surface area (Å²) in [4.78, 5) is 32.0. The van der Waals surface area contributed by atoms with Crippen molar-refractivity contribution >= 4 is 17.6 Å². The van der Waals surface area contributed by atoms with Crippen LogP contribution >= 0.6 is 0 Å². The highest BCUT2D eigenvalue weighted by molar-refractivity contribution is 5.92. The fourth-order valence-electron chi connectivity index (χ4n) is 1.38. The number of nitrogens with one attached hydrogen (secondary N) is 1. The van der Waals surface area contributed by atoms with Crippen molar-refractivity contribution in [2.24, 2.45) is 0 Å². The topological polar surface area (TPSA) is 119 Å². The number of ether oxygens (including phenoxy) is 1. The van der Waals surface area contributed by atoms with E-state index in [4.69, 9.17) is 9.84 Å². The lowest BCUT2D eigenvalue weighted by atomic mass is 10.1. The van der Waals surface area contributed by atoms with Crippen molar-refractivity contribution in [3.8, 4) is 5.75 Å². The number of likely N-dealkylation sites (N-methyl/N-ethyl adjacent to an activating group) is 1. The Hall–Kier alpha value is -2.64. The zero-order chi connectivity index (χ0) is 14.6. The van der Waals surface area contributed by atoms with Gasteiger partial charge in [-0.2, -0.15) is 0 Å². The van der Waals surface area contributed by atoms with Gasteiger partial charge in [-0.1, -0.05) is 0 Å². The van der Waals surface area contributed by atoms with Crippen molar-refractivity contribution in [2.75, 3.05) is 7.05 Å². The van der Waals surface area contributed by atoms with Gasteiger partial charge in [-0.15, -0.1) is 0 Å². The number of nitro groups is 1. The van der Waals surface area contributed by atoms with Gasteiger partial charge in [0.2, 0.25) is 0 Å². The Bertz CT molecular complexity index is 528. The maximum atomic E-state index is 11.2. The number of hydrogen-bond acceptors (Lipinski definition) is 5. The fourth-order valence-corrected chi connectivity index (χ4v) is 1.38. The maximum Gasteiger partial charge on any atom is 0.342 e. The first-order valence-electron chi connectivity index (χ1n) is 5.26. The molecule has 0 saturated heterocycles. The molecule has 1 atom stereocenters. The summed E-state index contributed by atoms with van der Waals surface area (Å²) < 4.78 is 5.19. The van der Waals surface area contributed by atoms with Crippen LogP contribution in [0.2, 0.25) is 0 Å². The van der Waals surface area contributed by atoms with Gasteiger partial charge in [0.15, 0.2) is 6.10 Å². The molecule has 1 amide bonds. The summed E-state index contributed by atoms with van der Waals surface area (Å²) >= 11 is 0. The van der Waals surface area contributed by atoms with Gasteiger partial charge in [0, 0.05) is 19.2 Å². The standard InChI is InChI=1S/C11H12N2O6/c1-6(10(14)12-2)19-7-3-4-9(13(17)18)8(5-7)11(15)16/h3-6H,1-2H3,(H,12,14)(H,15,16). The van der Waals surface area contributed by atoms with E-state index < -0.39 is 34.2 Å². The monoisotopic (exact) mass is 268 g/mol. The molecule has 0 spiro atoms. The van der Waals surface area contributed by atoms with Gasteiger partial charge in [-0.3, -0.25) is 14.9 Å². The molecular formula is C11H12N2O6. The Morgan fingerprint density at radius 3 is 2.58 bits per heavy atom. The summed E-state index contributed by atoms with van der Waals surface area (Å²) in [6, 6.07) is 3.28. The van der Waals surface area contributed by atoms with Crippen LogP contribution in [0.4, 0.5) is 5.69 Å². The molecule has 0 radical (unpaired) electrons. The summed E-state index contributed by atoms with van der Waals surface area (Å²) in [6.45, 7) is 1.47. The van der Waals surface area contributed by atoms with Crippen molar-refractivity contribution in [2.45, 2.75) is 13.0 Å². The Morgan fingerprint density at radius 1 is 1.47 bits per heavy atom. The minimum Gasteiger partial charge on any atom is -0.481 e. The number of hydrogen-bond donors (Lipinski definition) is 2. The molecule has 0 bridgehead atoms. The van der Waals surface area contributed by atoms with Gasteiger partial charge < -0.3 is 15.2 Å². The highest BCUT2D eigenvalue weighted by Gasteiger charge is 2.21. The first kappa shape index (κ1) is 14.4. The zero-order valence-corrected chi connectivity index (χ0v) is 10.2. The predicted molar refractivity (Wildman–Crippen MR) is 64.2 cm³/mol. The van der Waals surface area contributed by atoms with E-state index in [1.54, 1.807) is 0 Å². The molecule has 19 heavy (non-hydrogen) atoms. The Balaban J connectivity index is 3.06. The highest BCUT2D eigenvalue weighted by Crippen LogP contribution is 2.24. The van der Waals surface area contributed by atoms with Crippen molar-refractivity contribution in [3.05, 3.63) is 33.9 Å². The highest BCUT2D eigenvalue weighted by atomic mass is 16.6. The SMILES string of the molecule is CNC(=O)C(C)Oc1ccc([N+](=O)[O-])c(C(=O)O)c1. The molecule has 0 aromatic heterocycles. The Labute approximate surface area is 108 Å². The molecule has 0 heterocycles. The number of amides is 1. The van der Waals surface area contributed by atoms with Crippen molar-refractivity contribution in [3.63, 3.8) is 0 Å². The van der Waals surface area contributed by atoms with E-state index in [0.29, 0.717) is 0 Å². The first-order chi connectivity index (χ1) is 8.86. The van der Waals surface area contributed by atoms with Crippen molar-refractivity contribution < 1.29 is 24.4 Å². The lowest BCUT2D eigenvalue weighted by Crippen LogP contribution is -2.33. The zero-order valence-electron chi connectivity index (χ0n) is 10.2. The number of carbonyl (C=O) groups is 2. The summed E-state index contributed by atoms with van der Waals surface area (Å²) in [5.74, 6) is -1.76. The average molecular weight is 268 g/mol.